The number of carboxylic acids is 1. The standard InChI is InChI=1S/C21H15N3O4.Fe/c25-17-7-3-1-5-15(17)19-22-20(16-6-2-4-8-18(16)26)24(23-19)14-11-9-13(10-12-14)21(27)28;/h1-12,25-26H,(H,27,28);/q;+3/p-3. The van der Waals surface area contributed by atoms with Gasteiger partial charge in [0.25, 0.3) is 0 Å². The third kappa shape index (κ3) is 3.84. The van der Waals surface area contributed by atoms with E-state index in [0.29, 0.717) is 16.8 Å². The summed E-state index contributed by atoms with van der Waals surface area (Å²) in [6, 6.07) is 18.5. The zero-order valence-corrected chi connectivity index (χ0v) is 15.9. The van der Waals surface area contributed by atoms with Crippen LogP contribution in [0.3, 0.4) is 0 Å². The normalized spacial score (nSPS) is 10.3. The van der Waals surface area contributed by atoms with Gasteiger partial charge >= 0.3 is 17.1 Å². The summed E-state index contributed by atoms with van der Waals surface area (Å²) in [6.45, 7) is 0. The molecule has 0 aliphatic carbocycles. The molecule has 0 amide bonds. The molecule has 0 N–H and O–H groups in total. The van der Waals surface area contributed by atoms with Gasteiger partial charge in [0.2, 0.25) is 0 Å². The summed E-state index contributed by atoms with van der Waals surface area (Å²) in [4.78, 5) is 15.4. The number of benzene rings is 3. The molecule has 7 nitrogen and oxygen atoms in total. The molecule has 4 aromatic rings. The SMILES string of the molecule is O=C([O-])c1ccc(-n2nc(-c3ccccc3[O-])nc2-c2ccccc2[O-])cc1.[Fe+3]. The molecule has 0 aliphatic rings. The summed E-state index contributed by atoms with van der Waals surface area (Å²) < 4.78 is 1.41. The van der Waals surface area contributed by atoms with Crippen molar-refractivity contribution >= 4 is 5.97 Å². The van der Waals surface area contributed by atoms with Gasteiger partial charge in [0.15, 0.2) is 11.6 Å². The average Bonchev–Trinajstić information content (AvgIpc) is 3.13. The number of carboxylic acid groups (broad SMARTS) is 1. The van der Waals surface area contributed by atoms with E-state index in [4.69, 9.17) is 0 Å². The molecule has 1 heterocycles. The van der Waals surface area contributed by atoms with E-state index >= 15 is 0 Å². The van der Waals surface area contributed by atoms with E-state index in [0.717, 1.165) is 0 Å². The third-order valence-electron chi connectivity index (χ3n) is 4.21. The van der Waals surface area contributed by atoms with E-state index in [-0.39, 0.29) is 45.8 Å². The maximum absolute atomic E-state index is 12.3. The molecule has 143 valence electrons. The van der Waals surface area contributed by atoms with Crippen molar-refractivity contribution in [2.45, 2.75) is 0 Å². The molecule has 3 aromatic carbocycles. The van der Waals surface area contributed by atoms with Crippen LogP contribution < -0.4 is 15.3 Å². The van der Waals surface area contributed by atoms with Crippen molar-refractivity contribution in [2.24, 2.45) is 0 Å². The molecule has 0 atom stereocenters. The van der Waals surface area contributed by atoms with Gasteiger partial charge in [-0.25, -0.2) is 9.67 Å². The van der Waals surface area contributed by atoms with Crippen LogP contribution in [0.1, 0.15) is 10.4 Å². The smallest absolute Gasteiger partial charge is 0.872 e. The van der Waals surface area contributed by atoms with Crippen LogP contribution in [0.5, 0.6) is 11.5 Å². The third-order valence-corrected chi connectivity index (χ3v) is 4.21. The zero-order valence-electron chi connectivity index (χ0n) is 14.8. The first kappa shape index (κ1) is 20.1. The largest absolute Gasteiger partial charge is 3.00 e. The topological polar surface area (TPSA) is 117 Å². The second-order valence-electron chi connectivity index (χ2n) is 6.00. The van der Waals surface area contributed by atoms with Crippen LogP contribution in [-0.4, -0.2) is 20.7 Å². The Morgan fingerprint density at radius 3 is 1.90 bits per heavy atom. The quantitative estimate of drug-likeness (QED) is 0.452. The van der Waals surface area contributed by atoms with Crippen molar-refractivity contribution in [1.82, 2.24) is 14.8 Å². The number of para-hydroxylation sites is 2. The summed E-state index contributed by atoms with van der Waals surface area (Å²) in [5.74, 6) is -1.35. The van der Waals surface area contributed by atoms with Gasteiger partial charge in [-0.15, -0.1) is 5.10 Å². The van der Waals surface area contributed by atoms with Gasteiger partial charge in [-0.1, -0.05) is 72.2 Å². The second-order valence-corrected chi connectivity index (χ2v) is 6.00. The predicted octanol–water partition coefficient (Wildman–Crippen LogP) is 1.11. The van der Waals surface area contributed by atoms with E-state index in [1.165, 1.54) is 41.1 Å². The number of carbonyl (C=O) groups is 1. The van der Waals surface area contributed by atoms with E-state index in [2.05, 4.69) is 10.1 Å². The van der Waals surface area contributed by atoms with Gasteiger partial charge < -0.3 is 20.1 Å². The fraction of sp³-hybridized carbons (Fsp3) is 0. The van der Waals surface area contributed by atoms with Crippen LogP contribution in [0.25, 0.3) is 28.5 Å². The van der Waals surface area contributed by atoms with Gasteiger partial charge in [0, 0.05) is 11.1 Å². The Labute approximate surface area is 176 Å². The Kier molecular flexibility index (Phi) is 5.68. The molecule has 1 aromatic heterocycles. The monoisotopic (exact) mass is 426 g/mol. The van der Waals surface area contributed by atoms with Gasteiger partial charge in [-0.3, -0.25) is 0 Å². The van der Waals surface area contributed by atoms with Crippen molar-refractivity contribution in [3.63, 3.8) is 0 Å². The summed E-state index contributed by atoms with van der Waals surface area (Å²) in [5, 5.41) is 39.9. The number of hydrogen-bond acceptors (Lipinski definition) is 6. The summed E-state index contributed by atoms with van der Waals surface area (Å²) in [6.07, 6.45) is 0. The number of aromatic nitrogens is 3. The van der Waals surface area contributed by atoms with Crippen LogP contribution in [0, 0.1) is 0 Å². The molecule has 0 unspecified atom stereocenters. The molecule has 0 saturated heterocycles. The van der Waals surface area contributed by atoms with Crippen LogP contribution in [0.4, 0.5) is 0 Å². The molecular formula is C21H12FeN3O4. The van der Waals surface area contributed by atoms with Crippen molar-refractivity contribution in [1.29, 1.82) is 0 Å². The molecule has 1 radical (unpaired) electrons. The van der Waals surface area contributed by atoms with Gasteiger partial charge in [-0.05, 0) is 17.7 Å². The average molecular weight is 426 g/mol. The zero-order chi connectivity index (χ0) is 19.7. The molecule has 29 heavy (non-hydrogen) atoms. The van der Waals surface area contributed by atoms with Crippen molar-refractivity contribution in [3.05, 3.63) is 78.4 Å². The Bertz CT molecular complexity index is 1170. The first-order valence-electron chi connectivity index (χ1n) is 8.36. The summed E-state index contributed by atoms with van der Waals surface area (Å²) >= 11 is 0. The Morgan fingerprint density at radius 1 is 0.793 bits per heavy atom. The fourth-order valence-electron chi connectivity index (χ4n) is 2.82. The van der Waals surface area contributed by atoms with Gasteiger partial charge in [0.05, 0.1) is 11.7 Å². The minimum absolute atomic E-state index is 0. The minimum atomic E-state index is -1.30. The Morgan fingerprint density at radius 2 is 1.34 bits per heavy atom. The summed E-state index contributed by atoms with van der Waals surface area (Å²) in [5.41, 5.74) is 1.12. The van der Waals surface area contributed by atoms with E-state index < -0.39 is 5.97 Å². The predicted molar refractivity (Wildman–Crippen MR) is 95.5 cm³/mol. The summed E-state index contributed by atoms with van der Waals surface area (Å²) in [7, 11) is 0. The maximum atomic E-state index is 12.3. The molecule has 4 rings (SSSR count). The van der Waals surface area contributed by atoms with Crippen molar-refractivity contribution in [3.8, 4) is 40.0 Å². The molecule has 0 saturated carbocycles. The van der Waals surface area contributed by atoms with Gasteiger partial charge in [0.1, 0.15) is 0 Å². The van der Waals surface area contributed by atoms with Crippen LogP contribution in [0.2, 0.25) is 0 Å². The van der Waals surface area contributed by atoms with Crippen molar-refractivity contribution in [2.75, 3.05) is 0 Å². The fourth-order valence-corrected chi connectivity index (χ4v) is 2.82. The number of rotatable bonds is 4. The van der Waals surface area contributed by atoms with E-state index in [1.54, 1.807) is 36.4 Å². The minimum Gasteiger partial charge on any atom is -0.872 e. The van der Waals surface area contributed by atoms with E-state index in [9.17, 15) is 20.1 Å². The van der Waals surface area contributed by atoms with Crippen LogP contribution in [-0.2, 0) is 17.1 Å². The van der Waals surface area contributed by atoms with Crippen molar-refractivity contribution < 1.29 is 37.2 Å². The Hall–Kier alpha value is -3.61. The molecule has 0 bridgehead atoms. The van der Waals surface area contributed by atoms with Crippen LogP contribution in [0.15, 0.2) is 72.8 Å². The molecular weight excluding hydrogens is 414 g/mol. The Balaban J connectivity index is 0.00000240. The molecule has 0 aliphatic heterocycles. The molecule has 0 fully saturated rings. The van der Waals surface area contributed by atoms with Crippen LogP contribution >= 0.6 is 0 Å². The van der Waals surface area contributed by atoms with E-state index in [1.807, 2.05) is 0 Å². The second kappa shape index (κ2) is 8.18. The first-order valence-corrected chi connectivity index (χ1v) is 8.36. The first-order chi connectivity index (χ1) is 13.5. The molecule has 0 spiro atoms. The maximum Gasteiger partial charge on any atom is 3.00 e. The number of carbonyl (C=O) groups excluding carboxylic acids is 1. The molecule has 8 heteroatoms. The number of hydrogen-bond donors (Lipinski definition) is 0. The number of nitrogens with zero attached hydrogens (tertiary/aromatic N) is 3. The number of aromatic carboxylic acids is 1. The van der Waals surface area contributed by atoms with Gasteiger partial charge in [-0.2, -0.15) is 0 Å².